The van der Waals surface area contributed by atoms with Gasteiger partial charge in [0.25, 0.3) is 0 Å². The highest BCUT2D eigenvalue weighted by molar-refractivity contribution is 7.59. The summed E-state index contributed by atoms with van der Waals surface area (Å²) in [6.45, 7) is 0. The zero-order valence-electron chi connectivity index (χ0n) is 1.97. The minimum absolute atomic E-state index is 0.168. The molecule has 0 bridgehead atoms. The van der Waals surface area contributed by atoms with Crippen molar-refractivity contribution >= 4 is 17.4 Å². The van der Waals surface area contributed by atoms with Gasteiger partial charge in [0.05, 0.1) is 0 Å². The first-order chi connectivity index (χ1) is 1.91. The van der Waals surface area contributed by atoms with Gasteiger partial charge in [0, 0.05) is 0 Å². The monoisotopic (exact) mass is 93.0 g/mol. The first-order valence-corrected chi connectivity index (χ1v) is 4.26. The van der Waals surface area contributed by atoms with Gasteiger partial charge in [-0.05, 0) is 0 Å². The van der Waals surface area contributed by atoms with Gasteiger partial charge in [-0.3, -0.25) is 9.36 Å². The molecule has 2 nitrogen and oxygen atoms in total. The summed E-state index contributed by atoms with van der Waals surface area (Å²) in [6.07, 6.45) is 0. The summed E-state index contributed by atoms with van der Waals surface area (Å²) in [7, 11) is -1.58. The normalized spacial score (nSPS) is 11.2. The maximum Gasteiger partial charge on any atom is 0.309 e. The van der Waals surface area contributed by atoms with Crippen molar-refractivity contribution in [2.75, 3.05) is 0 Å². The van der Waals surface area contributed by atoms with Gasteiger partial charge in [-0.15, -0.1) is 0 Å². The Kier molecular flexibility index (Phi) is 3.50. The second-order valence-corrected chi connectivity index (χ2v) is 2.32. The Morgan fingerprint density at radius 3 is 2.00 bits per heavy atom. The van der Waals surface area contributed by atoms with Crippen molar-refractivity contribution in [2.45, 2.75) is 0 Å². The predicted octanol–water partition coefficient (Wildman–Crippen LogP) is -0.293. The van der Waals surface area contributed by atoms with Crippen LogP contribution in [-0.4, -0.2) is 9.43 Å². The lowest BCUT2D eigenvalue weighted by atomic mass is 15.9. The SMILES string of the molecule is [O][SiH2]P=O. The lowest BCUT2D eigenvalue weighted by Gasteiger charge is -1.43. The molecule has 0 amide bonds. The predicted molar refractivity (Wildman–Crippen MR) is 16.8 cm³/mol. The van der Waals surface area contributed by atoms with Crippen LogP contribution in [0.3, 0.4) is 0 Å². The smallest absolute Gasteiger partial charge is 0.291 e. The van der Waals surface area contributed by atoms with Crippen molar-refractivity contribution in [3.05, 3.63) is 0 Å². The minimum atomic E-state index is -1.41. The van der Waals surface area contributed by atoms with E-state index < -0.39 is 9.43 Å². The quantitative estimate of drug-likeness (QED) is 0.324. The van der Waals surface area contributed by atoms with Gasteiger partial charge in [-0.2, -0.15) is 0 Å². The first-order valence-electron chi connectivity index (χ1n) is 0.787. The zero-order valence-corrected chi connectivity index (χ0v) is 4.28. The highest BCUT2D eigenvalue weighted by Crippen LogP contribution is 1.75. The van der Waals surface area contributed by atoms with E-state index in [1.807, 2.05) is 0 Å². The molecule has 0 rings (SSSR count). The Morgan fingerprint density at radius 2 is 2.00 bits per heavy atom. The van der Waals surface area contributed by atoms with Crippen molar-refractivity contribution in [3.8, 4) is 0 Å². The Bertz CT molecular complexity index is 20.0. The van der Waals surface area contributed by atoms with Gasteiger partial charge in [0.2, 0.25) is 0 Å². The average Bonchev–Trinajstić information content (AvgIpc) is 1.37. The van der Waals surface area contributed by atoms with Crippen LogP contribution in [0.4, 0.5) is 0 Å². The molecule has 0 aromatic heterocycles. The minimum Gasteiger partial charge on any atom is -0.291 e. The molecular weight excluding hydrogens is 91.1 g/mol. The van der Waals surface area contributed by atoms with Gasteiger partial charge in [-0.1, -0.05) is 0 Å². The largest absolute Gasteiger partial charge is 0.309 e. The summed E-state index contributed by atoms with van der Waals surface area (Å²) in [5.41, 5.74) is 0. The molecule has 0 heterocycles. The van der Waals surface area contributed by atoms with Crippen LogP contribution >= 0.6 is 8.01 Å². The summed E-state index contributed by atoms with van der Waals surface area (Å²) in [5.74, 6) is 0. The van der Waals surface area contributed by atoms with Crippen molar-refractivity contribution in [1.29, 1.82) is 0 Å². The molecule has 4 heavy (non-hydrogen) atoms. The van der Waals surface area contributed by atoms with E-state index in [0.717, 1.165) is 0 Å². The maximum atomic E-state index is 9.11. The molecule has 0 aromatic rings. The molecule has 0 aliphatic heterocycles. The third-order valence-corrected chi connectivity index (χ3v) is 0.474. The van der Waals surface area contributed by atoms with Crippen LogP contribution in [0.5, 0.6) is 0 Å². The van der Waals surface area contributed by atoms with Crippen molar-refractivity contribution in [2.24, 2.45) is 0 Å². The van der Waals surface area contributed by atoms with E-state index in [4.69, 9.17) is 9.36 Å². The third kappa shape index (κ3) is 2.28. The number of hydrogen-bond acceptors (Lipinski definition) is 1. The Morgan fingerprint density at radius 1 is 1.75 bits per heavy atom. The molecular formula is H2O2PSi. The van der Waals surface area contributed by atoms with E-state index >= 15 is 0 Å². The van der Waals surface area contributed by atoms with Gasteiger partial charge >= 0.3 is 9.43 Å². The maximum absolute atomic E-state index is 9.11. The molecule has 0 fully saturated rings. The van der Waals surface area contributed by atoms with Gasteiger partial charge in [-0.25, -0.2) is 0 Å². The van der Waals surface area contributed by atoms with Crippen LogP contribution in [0.2, 0.25) is 0 Å². The van der Waals surface area contributed by atoms with E-state index in [-0.39, 0.29) is 8.01 Å². The fourth-order valence-corrected chi connectivity index (χ4v) is 0. The summed E-state index contributed by atoms with van der Waals surface area (Å²) in [4.78, 5) is 9.11. The van der Waals surface area contributed by atoms with E-state index in [2.05, 4.69) is 0 Å². The molecule has 0 saturated carbocycles. The lowest BCUT2D eigenvalue weighted by Crippen LogP contribution is -1.56. The Labute approximate surface area is 27.8 Å². The molecule has 1 radical (unpaired) electrons. The van der Waals surface area contributed by atoms with Gasteiger partial charge in [0.1, 0.15) is 0 Å². The fraction of sp³-hybridized carbons (Fsp3) is 0. The van der Waals surface area contributed by atoms with Crippen molar-refractivity contribution in [1.82, 2.24) is 0 Å². The molecule has 0 aromatic carbocycles. The van der Waals surface area contributed by atoms with E-state index in [1.165, 1.54) is 0 Å². The van der Waals surface area contributed by atoms with E-state index in [1.54, 1.807) is 0 Å². The van der Waals surface area contributed by atoms with Crippen LogP contribution in [0, 0.1) is 0 Å². The highest BCUT2D eigenvalue weighted by atomic mass is 31.3. The molecule has 23 valence electrons. The molecule has 0 spiro atoms. The lowest BCUT2D eigenvalue weighted by molar-refractivity contribution is 0.487. The summed E-state index contributed by atoms with van der Waals surface area (Å²) >= 11 is 0. The molecule has 0 aliphatic rings. The molecule has 0 N–H and O–H groups in total. The second-order valence-electron chi connectivity index (χ2n) is 0.258. The van der Waals surface area contributed by atoms with E-state index in [0.29, 0.717) is 0 Å². The van der Waals surface area contributed by atoms with Gasteiger partial charge in [0.15, 0.2) is 8.01 Å². The van der Waals surface area contributed by atoms with Crippen LogP contribution in [0.25, 0.3) is 0 Å². The van der Waals surface area contributed by atoms with Crippen LogP contribution in [-0.2, 0) is 9.36 Å². The highest BCUT2D eigenvalue weighted by Gasteiger charge is 1.64. The molecule has 0 aliphatic carbocycles. The van der Waals surface area contributed by atoms with Crippen LogP contribution in [0.1, 0.15) is 0 Å². The van der Waals surface area contributed by atoms with Crippen molar-refractivity contribution in [3.63, 3.8) is 0 Å². The third-order valence-electron chi connectivity index (χ3n) is 0.0527. The summed E-state index contributed by atoms with van der Waals surface area (Å²) in [6, 6.07) is 0. The van der Waals surface area contributed by atoms with E-state index in [9.17, 15) is 0 Å². The first kappa shape index (κ1) is 4.28. The Hall–Kier alpha value is 0.277. The number of rotatable bonds is 1. The fourth-order valence-electron chi connectivity index (χ4n) is 0. The number of hydrogen-bond donors (Lipinski definition) is 0. The van der Waals surface area contributed by atoms with Crippen LogP contribution in [0.15, 0.2) is 0 Å². The molecule has 0 saturated heterocycles. The van der Waals surface area contributed by atoms with Crippen molar-refractivity contribution < 1.29 is 9.36 Å². The van der Waals surface area contributed by atoms with Crippen LogP contribution < -0.4 is 0 Å². The summed E-state index contributed by atoms with van der Waals surface area (Å²) < 4.78 is 9.02. The summed E-state index contributed by atoms with van der Waals surface area (Å²) in [5, 5.41) is 0. The molecule has 0 atom stereocenters. The average molecular weight is 93.1 g/mol. The zero-order chi connectivity index (χ0) is 3.41. The topological polar surface area (TPSA) is 37.0 Å². The second kappa shape index (κ2) is 3.28. The molecule has 4 heteroatoms. The molecule has 0 unspecified atom stereocenters. The van der Waals surface area contributed by atoms with Gasteiger partial charge < -0.3 is 0 Å². The standard InChI is InChI=1S/H2O2PSi/c1-3-4-2/h4H2. The Balaban J connectivity index is 2.30.